The minimum atomic E-state index is -0.512. The van der Waals surface area contributed by atoms with E-state index in [4.69, 9.17) is 4.74 Å². The SMILES string of the molecule is C=CCC(C)(C)[C@@H]1NC(=O)[C@@H]1NC(=O)COc1ccccc1. The normalized spacial score (nSPS) is 20.5. The van der Waals surface area contributed by atoms with Gasteiger partial charge in [0.1, 0.15) is 11.8 Å². The fraction of sp³-hybridized carbons (Fsp3) is 0.412. The Bertz CT molecular complexity index is 554. The van der Waals surface area contributed by atoms with Crippen molar-refractivity contribution in [3.8, 4) is 5.75 Å². The van der Waals surface area contributed by atoms with E-state index in [1.807, 2.05) is 38.1 Å². The van der Waals surface area contributed by atoms with Crippen LogP contribution in [0.15, 0.2) is 43.0 Å². The monoisotopic (exact) mass is 302 g/mol. The first-order valence-corrected chi connectivity index (χ1v) is 7.32. The molecule has 2 atom stereocenters. The average Bonchev–Trinajstić information content (AvgIpc) is 2.49. The van der Waals surface area contributed by atoms with Crippen molar-refractivity contribution in [2.75, 3.05) is 6.61 Å². The summed E-state index contributed by atoms with van der Waals surface area (Å²) >= 11 is 0. The number of carbonyl (C=O) groups excluding carboxylic acids is 2. The molecule has 1 aliphatic rings. The summed E-state index contributed by atoms with van der Waals surface area (Å²) in [5.41, 5.74) is -0.159. The molecule has 22 heavy (non-hydrogen) atoms. The van der Waals surface area contributed by atoms with E-state index in [1.165, 1.54) is 0 Å². The van der Waals surface area contributed by atoms with Gasteiger partial charge in [0.15, 0.2) is 6.61 Å². The van der Waals surface area contributed by atoms with E-state index < -0.39 is 6.04 Å². The summed E-state index contributed by atoms with van der Waals surface area (Å²) in [5.74, 6) is 0.164. The van der Waals surface area contributed by atoms with E-state index in [0.717, 1.165) is 6.42 Å². The number of nitrogens with one attached hydrogen (secondary N) is 2. The number of allylic oxidation sites excluding steroid dienone is 1. The number of hydrogen-bond acceptors (Lipinski definition) is 3. The van der Waals surface area contributed by atoms with E-state index in [0.29, 0.717) is 5.75 Å². The first-order valence-electron chi connectivity index (χ1n) is 7.32. The molecule has 0 saturated carbocycles. The summed E-state index contributed by atoms with van der Waals surface area (Å²) in [6, 6.07) is 8.48. The predicted molar refractivity (Wildman–Crippen MR) is 84.4 cm³/mol. The maximum Gasteiger partial charge on any atom is 0.258 e. The molecular formula is C17H22N2O3. The average molecular weight is 302 g/mol. The van der Waals surface area contributed by atoms with Crippen molar-refractivity contribution in [1.82, 2.24) is 10.6 Å². The third kappa shape index (κ3) is 3.67. The van der Waals surface area contributed by atoms with Gasteiger partial charge in [0, 0.05) is 0 Å². The van der Waals surface area contributed by atoms with Gasteiger partial charge in [-0.15, -0.1) is 6.58 Å². The molecule has 1 aromatic carbocycles. The predicted octanol–water partition coefficient (Wildman–Crippen LogP) is 1.65. The first kappa shape index (κ1) is 16.1. The molecule has 1 heterocycles. The molecular weight excluding hydrogens is 280 g/mol. The molecule has 2 rings (SSSR count). The van der Waals surface area contributed by atoms with Crippen molar-refractivity contribution in [2.45, 2.75) is 32.4 Å². The molecule has 5 nitrogen and oxygen atoms in total. The molecule has 2 N–H and O–H groups in total. The summed E-state index contributed by atoms with van der Waals surface area (Å²) < 4.78 is 5.38. The van der Waals surface area contributed by atoms with Crippen LogP contribution < -0.4 is 15.4 Å². The van der Waals surface area contributed by atoms with Crippen LogP contribution in [-0.2, 0) is 9.59 Å². The highest BCUT2D eigenvalue weighted by atomic mass is 16.5. The van der Waals surface area contributed by atoms with Crippen LogP contribution in [0.5, 0.6) is 5.75 Å². The highest BCUT2D eigenvalue weighted by Gasteiger charge is 2.48. The number of rotatable bonds is 7. The first-order chi connectivity index (χ1) is 10.4. The molecule has 0 unspecified atom stereocenters. The number of benzene rings is 1. The van der Waals surface area contributed by atoms with Gasteiger partial charge < -0.3 is 15.4 Å². The molecule has 118 valence electrons. The Morgan fingerprint density at radius 1 is 1.41 bits per heavy atom. The third-order valence-electron chi connectivity index (χ3n) is 3.86. The highest BCUT2D eigenvalue weighted by Crippen LogP contribution is 2.31. The van der Waals surface area contributed by atoms with Crippen molar-refractivity contribution < 1.29 is 14.3 Å². The maximum absolute atomic E-state index is 12.0. The number of carbonyl (C=O) groups is 2. The summed E-state index contributed by atoms with van der Waals surface area (Å²) in [6.45, 7) is 7.71. The number of amides is 2. The van der Waals surface area contributed by atoms with E-state index in [1.54, 1.807) is 12.1 Å². The van der Waals surface area contributed by atoms with Crippen LogP contribution in [0.3, 0.4) is 0 Å². The lowest BCUT2D eigenvalue weighted by Gasteiger charge is -2.46. The third-order valence-corrected chi connectivity index (χ3v) is 3.86. The van der Waals surface area contributed by atoms with Crippen molar-refractivity contribution in [3.05, 3.63) is 43.0 Å². The molecule has 1 aromatic rings. The summed E-state index contributed by atoms with van der Waals surface area (Å²) in [4.78, 5) is 23.7. The van der Waals surface area contributed by atoms with Crippen LogP contribution in [0, 0.1) is 5.41 Å². The van der Waals surface area contributed by atoms with Gasteiger partial charge in [0.25, 0.3) is 5.91 Å². The second-order valence-electron chi connectivity index (χ2n) is 6.11. The number of para-hydroxylation sites is 1. The van der Waals surface area contributed by atoms with Crippen LogP contribution in [0.25, 0.3) is 0 Å². The molecule has 5 heteroatoms. The molecule has 0 aromatic heterocycles. The van der Waals surface area contributed by atoms with Gasteiger partial charge in [-0.25, -0.2) is 0 Å². The van der Waals surface area contributed by atoms with Gasteiger partial charge >= 0.3 is 0 Å². The second kappa shape index (κ2) is 6.64. The van der Waals surface area contributed by atoms with Gasteiger partial charge in [-0.2, -0.15) is 0 Å². The van der Waals surface area contributed by atoms with Crippen LogP contribution in [0.2, 0.25) is 0 Å². The van der Waals surface area contributed by atoms with E-state index >= 15 is 0 Å². The topological polar surface area (TPSA) is 67.4 Å². The van der Waals surface area contributed by atoms with E-state index in [2.05, 4.69) is 17.2 Å². The van der Waals surface area contributed by atoms with Crippen molar-refractivity contribution >= 4 is 11.8 Å². The Hall–Kier alpha value is -2.30. The molecule has 1 saturated heterocycles. The van der Waals surface area contributed by atoms with Gasteiger partial charge in [0.05, 0.1) is 6.04 Å². The minimum absolute atomic E-state index is 0.0984. The summed E-state index contributed by atoms with van der Waals surface area (Å²) in [6.07, 6.45) is 2.58. The van der Waals surface area contributed by atoms with Gasteiger partial charge in [-0.3, -0.25) is 9.59 Å². The van der Waals surface area contributed by atoms with Crippen molar-refractivity contribution in [1.29, 1.82) is 0 Å². The molecule has 0 radical (unpaired) electrons. The zero-order valence-electron chi connectivity index (χ0n) is 13.0. The highest BCUT2D eigenvalue weighted by molar-refractivity contribution is 5.94. The Morgan fingerprint density at radius 2 is 2.09 bits per heavy atom. The Labute approximate surface area is 130 Å². The van der Waals surface area contributed by atoms with Gasteiger partial charge in [0.2, 0.25) is 5.91 Å². The molecule has 0 bridgehead atoms. The summed E-state index contributed by atoms with van der Waals surface area (Å²) in [7, 11) is 0. The van der Waals surface area contributed by atoms with E-state index in [-0.39, 0.29) is 29.9 Å². The molecule has 1 aliphatic heterocycles. The lowest BCUT2D eigenvalue weighted by atomic mass is 9.73. The maximum atomic E-state index is 12.0. The number of β-lactam (4-membered cyclic amide) rings is 1. The lowest BCUT2D eigenvalue weighted by molar-refractivity contribution is -0.140. The second-order valence-corrected chi connectivity index (χ2v) is 6.11. The van der Waals surface area contributed by atoms with Gasteiger partial charge in [-0.1, -0.05) is 38.1 Å². The fourth-order valence-corrected chi connectivity index (χ4v) is 2.56. The lowest BCUT2D eigenvalue weighted by Crippen LogP contribution is -2.73. The molecule has 0 spiro atoms. The van der Waals surface area contributed by atoms with Crippen LogP contribution in [-0.4, -0.2) is 30.5 Å². The Balaban J connectivity index is 1.87. The number of hydrogen-bond donors (Lipinski definition) is 2. The fourth-order valence-electron chi connectivity index (χ4n) is 2.56. The van der Waals surface area contributed by atoms with Crippen LogP contribution in [0.1, 0.15) is 20.3 Å². The Morgan fingerprint density at radius 3 is 2.68 bits per heavy atom. The zero-order valence-corrected chi connectivity index (χ0v) is 13.0. The summed E-state index contributed by atoms with van der Waals surface area (Å²) in [5, 5.41) is 5.60. The zero-order chi connectivity index (χ0) is 16.2. The molecule has 2 amide bonds. The van der Waals surface area contributed by atoms with E-state index in [9.17, 15) is 9.59 Å². The van der Waals surface area contributed by atoms with Crippen LogP contribution >= 0.6 is 0 Å². The molecule has 0 aliphatic carbocycles. The van der Waals surface area contributed by atoms with Crippen molar-refractivity contribution in [2.24, 2.45) is 5.41 Å². The number of ether oxygens (including phenoxy) is 1. The quantitative estimate of drug-likeness (QED) is 0.594. The minimum Gasteiger partial charge on any atom is -0.484 e. The standard InChI is InChI=1S/C17H22N2O3/c1-4-10-17(2,3)15-14(16(21)19-15)18-13(20)11-22-12-8-6-5-7-9-12/h4-9,14-15H,1,10-11H2,2-3H3,(H,18,20)(H,19,21)/t14-,15-/m1/s1. The van der Waals surface area contributed by atoms with Crippen molar-refractivity contribution in [3.63, 3.8) is 0 Å². The molecule has 1 fully saturated rings. The van der Waals surface area contributed by atoms with Crippen LogP contribution in [0.4, 0.5) is 0 Å². The van der Waals surface area contributed by atoms with Gasteiger partial charge in [-0.05, 0) is 24.0 Å². The Kier molecular flexibility index (Phi) is 4.85. The largest absolute Gasteiger partial charge is 0.484 e. The smallest absolute Gasteiger partial charge is 0.258 e.